The highest BCUT2D eigenvalue weighted by atomic mass is 32.2. The van der Waals surface area contributed by atoms with E-state index in [0.29, 0.717) is 18.8 Å². The van der Waals surface area contributed by atoms with E-state index >= 15 is 0 Å². The number of nitrogens with zero attached hydrogens (tertiary/aromatic N) is 1. The number of benzene rings is 2. The van der Waals surface area contributed by atoms with Crippen molar-refractivity contribution < 1.29 is 22.7 Å². The van der Waals surface area contributed by atoms with Gasteiger partial charge in [-0.3, -0.25) is 4.79 Å². The lowest BCUT2D eigenvalue weighted by atomic mass is 10.1. The van der Waals surface area contributed by atoms with Gasteiger partial charge in [-0.15, -0.1) is 0 Å². The Bertz CT molecular complexity index is 924. The highest BCUT2D eigenvalue weighted by Crippen LogP contribution is 2.28. The van der Waals surface area contributed by atoms with Crippen LogP contribution in [0.5, 0.6) is 11.5 Å². The number of para-hydroxylation sites is 1. The van der Waals surface area contributed by atoms with Crippen molar-refractivity contribution in [2.24, 2.45) is 0 Å². The molecule has 0 aromatic heterocycles. The van der Waals surface area contributed by atoms with Crippen molar-refractivity contribution in [3.8, 4) is 11.5 Å². The molecule has 0 bridgehead atoms. The van der Waals surface area contributed by atoms with Crippen molar-refractivity contribution in [2.75, 3.05) is 27.3 Å². The summed E-state index contributed by atoms with van der Waals surface area (Å²) in [5.41, 5.74) is 1.06. The first kappa shape index (κ1) is 21.7. The summed E-state index contributed by atoms with van der Waals surface area (Å²) in [5.74, 6) is 0.486. The third kappa shape index (κ3) is 4.63. The Balaban J connectivity index is 2.30. The summed E-state index contributed by atoms with van der Waals surface area (Å²) < 4.78 is 37.6. The summed E-state index contributed by atoms with van der Waals surface area (Å²) in [6.45, 7) is 4.43. The summed E-state index contributed by atoms with van der Waals surface area (Å²) in [6.07, 6.45) is 0. The van der Waals surface area contributed by atoms with Crippen molar-refractivity contribution in [3.05, 3.63) is 53.6 Å². The van der Waals surface area contributed by atoms with Crippen LogP contribution in [0.3, 0.4) is 0 Å². The van der Waals surface area contributed by atoms with Crippen molar-refractivity contribution in [2.45, 2.75) is 25.3 Å². The number of rotatable bonds is 9. The number of sulfonamides is 1. The second-order valence-electron chi connectivity index (χ2n) is 5.95. The highest BCUT2D eigenvalue weighted by Gasteiger charge is 2.26. The average Bonchev–Trinajstić information content (AvgIpc) is 2.72. The summed E-state index contributed by atoms with van der Waals surface area (Å²) in [4.78, 5) is 12.6. The first-order chi connectivity index (χ1) is 13.4. The molecule has 0 fully saturated rings. The maximum atomic E-state index is 12.9. The van der Waals surface area contributed by atoms with Crippen molar-refractivity contribution in [3.63, 3.8) is 0 Å². The fourth-order valence-electron chi connectivity index (χ4n) is 2.85. The molecule has 0 spiro atoms. The zero-order chi connectivity index (χ0) is 20.7. The van der Waals surface area contributed by atoms with Gasteiger partial charge in [0, 0.05) is 30.8 Å². The molecule has 0 heterocycles. The molecular formula is C20H26N2O5S. The molecule has 0 saturated carbocycles. The van der Waals surface area contributed by atoms with Crippen LogP contribution in [-0.4, -0.2) is 45.9 Å². The topological polar surface area (TPSA) is 84.9 Å². The lowest BCUT2D eigenvalue weighted by Gasteiger charge is -2.20. The molecule has 2 aromatic rings. The minimum absolute atomic E-state index is 0.0244. The molecule has 1 N–H and O–H groups in total. The van der Waals surface area contributed by atoms with E-state index in [1.54, 1.807) is 21.0 Å². The van der Waals surface area contributed by atoms with Gasteiger partial charge < -0.3 is 14.8 Å². The van der Waals surface area contributed by atoms with Crippen LogP contribution in [0.15, 0.2) is 47.4 Å². The summed E-state index contributed by atoms with van der Waals surface area (Å²) in [5, 5.41) is 2.80. The van der Waals surface area contributed by atoms with Crippen LogP contribution in [0.1, 0.15) is 29.8 Å². The Kier molecular flexibility index (Phi) is 7.42. The van der Waals surface area contributed by atoms with Crippen LogP contribution in [0, 0.1) is 0 Å². The van der Waals surface area contributed by atoms with Crippen LogP contribution >= 0.6 is 0 Å². The van der Waals surface area contributed by atoms with Crippen molar-refractivity contribution in [1.82, 2.24) is 9.62 Å². The first-order valence-corrected chi connectivity index (χ1v) is 10.4. The molecule has 2 rings (SSSR count). The van der Waals surface area contributed by atoms with Gasteiger partial charge in [0.25, 0.3) is 5.91 Å². The van der Waals surface area contributed by atoms with E-state index in [1.165, 1.54) is 29.6 Å². The third-order valence-electron chi connectivity index (χ3n) is 4.38. The number of ether oxygens (including phenoxy) is 2. The van der Waals surface area contributed by atoms with E-state index in [4.69, 9.17) is 9.47 Å². The highest BCUT2D eigenvalue weighted by molar-refractivity contribution is 7.89. The van der Waals surface area contributed by atoms with Crippen LogP contribution in [0.4, 0.5) is 0 Å². The maximum absolute atomic E-state index is 12.9. The summed E-state index contributed by atoms with van der Waals surface area (Å²) in [7, 11) is -0.805. The Labute approximate surface area is 166 Å². The molecule has 0 aliphatic rings. The minimum Gasteiger partial charge on any atom is -0.496 e. The van der Waals surface area contributed by atoms with Crippen LogP contribution < -0.4 is 14.8 Å². The van der Waals surface area contributed by atoms with E-state index in [2.05, 4.69) is 5.32 Å². The van der Waals surface area contributed by atoms with Gasteiger partial charge in [0.15, 0.2) is 0 Å². The summed E-state index contributed by atoms with van der Waals surface area (Å²) >= 11 is 0. The molecule has 0 unspecified atom stereocenters. The fraction of sp³-hybridized carbons (Fsp3) is 0.350. The lowest BCUT2D eigenvalue weighted by molar-refractivity contribution is 0.0950. The Morgan fingerprint density at radius 1 is 1.00 bits per heavy atom. The number of hydrogen-bond donors (Lipinski definition) is 1. The van der Waals surface area contributed by atoms with Crippen LogP contribution in [-0.2, 0) is 16.6 Å². The quantitative estimate of drug-likeness (QED) is 0.692. The van der Waals surface area contributed by atoms with E-state index < -0.39 is 10.0 Å². The third-order valence-corrected chi connectivity index (χ3v) is 6.45. The number of methoxy groups -OCH3 is 2. The number of carbonyl (C=O) groups excluding carboxylic acids is 1. The van der Waals surface area contributed by atoms with Gasteiger partial charge in [0.2, 0.25) is 10.0 Å². The molecule has 0 atom stereocenters. The normalized spacial score (nSPS) is 11.3. The largest absolute Gasteiger partial charge is 0.496 e. The molecule has 2 aromatic carbocycles. The molecule has 152 valence electrons. The van der Waals surface area contributed by atoms with Crippen molar-refractivity contribution >= 4 is 15.9 Å². The fourth-order valence-corrected chi connectivity index (χ4v) is 4.49. The number of hydrogen-bond acceptors (Lipinski definition) is 5. The van der Waals surface area contributed by atoms with Crippen molar-refractivity contribution in [1.29, 1.82) is 0 Å². The zero-order valence-corrected chi connectivity index (χ0v) is 17.4. The second-order valence-corrected chi connectivity index (χ2v) is 7.86. The molecule has 0 radical (unpaired) electrons. The van der Waals surface area contributed by atoms with E-state index in [0.717, 1.165) is 5.56 Å². The zero-order valence-electron chi connectivity index (χ0n) is 16.6. The van der Waals surface area contributed by atoms with Gasteiger partial charge in [-0.2, -0.15) is 4.31 Å². The Hall–Kier alpha value is -2.58. The maximum Gasteiger partial charge on any atom is 0.251 e. The number of carbonyl (C=O) groups is 1. The monoisotopic (exact) mass is 406 g/mol. The molecule has 1 amide bonds. The molecule has 0 aliphatic heterocycles. The van der Waals surface area contributed by atoms with Crippen LogP contribution in [0.25, 0.3) is 0 Å². The van der Waals surface area contributed by atoms with Gasteiger partial charge >= 0.3 is 0 Å². The second kappa shape index (κ2) is 9.57. The lowest BCUT2D eigenvalue weighted by Crippen LogP contribution is -2.31. The predicted octanol–water partition coefficient (Wildman–Crippen LogP) is 2.66. The molecule has 28 heavy (non-hydrogen) atoms. The van der Waals surface area contributed by atoms with E-state index in [-0.39, 0.29) is 28.7 Å². The number of nitrogens with one attached hydrogen (secondary N) is 1. The molecule has 7 nitrogen and oxygen atoms in total. The summed E-state index contributed by atoms with van der Waals surface area (Å²) in [6, 6.07) is 11.7. The van der Waals surface area contributed by atoms with Gasteiger partial charge in [0.1, 0.15) is 16.4 Å². The molecule has 8 heteroatoms. The number of amides is 1. The van der Waals surface area contributed by atoms with Gasteiger partial charge in [-0.1, -0.05) is 32.0 Å². The minimum atomic E-state index is -3.77. The molecule has 0 saturated heterocycles. The predicted molar refractivity (Wildman–Crippen MR) is 107 cm³/mol. The van der Waals surface area contributed by atoms with E-state index in [1.807, 2.05) is 24.3 Å². The van der Waals surface area contributed by atoms with Gasteiger partial charge in [-0.05, 0) is 24.3 Å². The average molecular weight is 407 g/mol. The smallest absolute Gasteiger partial charge is 0.251 e. The molecule has 0 aliphatic carbocycles. The first-order valence-electron chi connectivity index (χ1n) is 8.97. The van der Waals surface area contributed by atoms with Gasteiger partial charge in [0.05, 0.1) is 14.2 Å². The van der Waals surface area contributed by atoms with Gasteiger partial charge in [-0.25, -0.2) is 8.42 Å². The molecular weight excluding hydrogens is 380 g/mol. The standard InChI is InChI=1S/C20H26N2O5S/c1-5-22(6-2)28(24,25)19-13-15(11-12-18(19)27-4)20(23)21-14-16-9-7-8-10-17(16)26-3/h7-13H,5-6,14H2,1-4H3,(H,21,23). The van der Waals surface area contributed by atoms with E-state index in [9.17, 15) is 13.2 Å². The Morgan fingerprint density at radius 3 is 2.25 bits per heavy atom. The SMILES string of the molecule is CCN(CC)S(=O)(=O)c1cc(C(=O)NCc2ccccc2OC)ccc1OC. The van der Waals surface area contributed by atoms with Crippen LogP contribution in [0.2, 0.25) is 0 Å². The Morgan fingerprint density at radius 2 is 1.64 bits per heavy atom.